The number of rotatable bonds is 3. The molecule has 0 aliphatic carbocycles. The van der Waals surface area contributed by atoms with Crippen LogP contribution < -0.4 is 5.32 Å². The average molecular weight is 230 g/mol. The van der Waals surface area contributed by atoms with Crippen LogP contribution in [0.2, 0.25) is 0 Å². The maximum atomic E-state index is 5.64. The molecule has 0 aromatic heterocycles. The molecule has 0 radical (unpaired) electrons. The van der Waals surface area contributed by atoms with Gasteiger partial charge in [-0.3, -0.25) is 0 Å². The van der Waals surface area contributed by atoms with Crippen LogP contribution in [0.3, 0.4) is 0 Å². The standard InChI is InChI=1S/C11H22N2OS/c1-4-6-12-11(15)13-7-9(3)14-8-10(13)5-2/h9-10H,4-8H2,1-3H3,(H,12,15). The first-order valence-electron chi connectivity index (χ1n) is 5.85. The second-order valence-corrected chi connectivity index (χ2v) is 4.48. The molecule has 1 aliphatic rings. The van der Waals surface area contributed by atoms with Crippen molar-refractivity contribution in [1.82, 2.24) is 10.2 Å². The summed E-state index contributed by atoms with van der Waals surface area (Å²) in [7, 11) is 0. The monoisotopic (exact) mass is 230 g/mol. The van der Waals surface area contributed by atoms with Crippen molar-refractivity contribution in [2.75, 3.05) is 19.7 Å². The lowest BCUT2D eigenvalue weighted by atomic mass is 10.1. The summed E-state index contributed by atoms with van der Waals surface area (Å²) in [5, 5.41) is 4.18. The quantitative estimate of drug-likeness (QED) is 0.747. The molecule has 0 aromatic carbocycles. The van der Waals surface area contributed by atoms with E-state index >= 15 is 0 Å². The molecule has 1 heterocycles. The first kappa shape index (κ1) is 12.7. The molecule has 0 saturated carbocycles. The molecule has 1 fully saturated rings. The fourth-order valence-corrected chi connectivity index (χ4v) is 2.09. The summed E-state index contributed by atoms with van der Waals surface area (Å²) < 4.78 is 5.64. The number of ether oxygens (including phenoxy) is 1. The molecule has 2 atom stereocenters. The maximum absolute atomic E-state index is 5.64. The minimum atomic E-state index is 0.286. The average Bonchev–Trinajstić information content (AvgIpc) is 2.25. The van der Waals surface area contributed by atoms with Crippen LogP contribution in [-0.2, 0) is 4.74 Å². The lowest BCUT2D eigenvalue weighted by Crippen LogP contribution is -2.54. The second kappa shape index (κ2) is 6.28. The summed E-state index contributed by atoms with van der Waals surface area (Å²) in [4.78, 5) is 2.28. The Morgan fingerprint density at radius 1 is 1.53 bits per heavy atom. The van der Waals surface area contributed by atoms with Crippen molar-refractivity contribution in [3.8, 4) is 0 Å². The Morgan fingerprint density at radius 3 is 2.87 bits per heavy atom. The van der Waals surface area contributed by atoms with Crippen LogP contribution in [0, 0.1) is 0 Å². The lowest BCUT2D eigenvalue weighted by Gasteiger charge is -2.40. The third kappa shape index (κ3) is 3.61. The van der Waals surface area contributed by atoms with E-state index < -0.39 is 0 Å². The molecular weight excluding hydrogens is 208 g/mol. The molecule has 0 aromatic rings. The molecule has 0 spiro atoms. The molecule has 0 bridgehead atoms. The predicted octanol–water partition coefficient (Wildman–Crippen LogP) is 1.77. The molecule has 1 saturated heterocycles. The number of nitrogens with one attached hydrogen (secondary N) is 1. The van der Waals surface area contributed by atoms with Gasteiger partial charge in [-0.05, 0) is 32.0 Å². The van der Waals surface area contributed by atoms with Crippen molar-refractivity contribution < 1.29 is 4.74 Å². The van der Waals surface area contributed by atoms with Crippen LogP contribution >= 0.6 is 12.2 Å². The van der Waals surface area contributed by atoms with Crippen molar-refractivity contribution in [3.63, 3.8) is 0 Å². The number of thiocarbonyl (C=S) groups is 1. The van der Waals surface area contributed by atoms with Crippen molar-refractivity contribution >= 4 is 17.3 Å². The number of nitrogens with zero attached hydrogens (tertiary/aromatic N) is 1. The van der Waals surface area contributed by atoms with E-state index in [0.29, 0.717) is 6.04 Å². The Labute approximate surface area is 98.2 Å². The Balaban J connectivity index is 2.50. The van der Waals surface area contributed by atoms with Gasteiger partial charge in [0.2, 0.25) is 0 Å². The topological polar surface area (TPSA) is 24.5 Å². The smallest absolute Gasteiger partial charge is 0.169 e. The van der Waals surface area contributed by atoms with Crippen LogP contribution in [-0.4, -0.2) is 41.9 Å². The van der Waals surface area contributed by atoms with Gasteiger partial charge in [0, 0.05) is 13.1 Å². The first-order chi connectivity index (χ1) is 7.19. The Bertz CT molecular complexity index is 211. The molecule has 0 amide bonds. The highest BCUT2D eigenvalue weighted by atomic mass is 32.1. The van der Waals surface area contributed by atoms with E-state index in [2.05, 4.69) is 31.0 Å². The first-order valence-corrected chi connectivity index (χ1v) is 6.25. The molecule has 2 unspecified atom stereocenters. The molecule has 1 aliphatic heterocycles. The molecule has 15 heavy (non-hydrogen) atoms. The zero-order chi connectivity index (χ0) is 11.3. The van der Waals surface area contributed by atoms with Crippen molar-refractivity contribution in [1.29, 1.82) is 0 Å². The van der Waals surface area contributed by atoms with Crippen molar-refractivity contribution in [2.45, 2.75) is 45.8 Å². The Kier molecular flexibility index (Phi) is 5.32. The summed E-state index contributed by atoms with van der Waals surface area (Å²) in [5.41, 5.74) is 0. The number of morpholine rings is 1. The zero-order valence-corrected chi connectivity index (χ0v) is 10.8. The van der Waals surface area contributed by atoms with Gasteiger partial charge in [-0.15, -0.1) is 0 Å². The van der Waals surface area contributed by atoms with Crippen LogP contribution in [0.4, 0.5) is 0 Å². The number of hydrogen-bond donors (Lipinski definition) is 1. The van der Waals surface area contributed by atoms with Gasteiger partial charge in [0.25, 0.3) is 0 Å². The molecule has 1 rings (SSSR count). The van der Waals surface area contributed by atoms with Crippen molar-refractivity contribution in [3.05, 3.63) is 0 Å². The van der Waals surface area contributed by atoms with Gasteiger partial charge in [0.1, 0.15) is 0 Å². The highest BCUT2D eigenvalue weighted by Gasteiger charge is 2.26. The van der Waals surface area contributed by atoms with Crippen LogP contribution in [0.1, 0.15) is 33.6 Å². The van der Waals surface area contributed by atoms with E-state index in [-0.39, 0.29) is 6.10 Å². The SMILES string of the molecule is CCCNC(=S)N1CC(C)OCC1CC. The van der Waals surface area contributed by atoms with E-state index in [1.54, 1.807) is 0 Å². The highest BCUT2D eigenvalue weighted by molar-refractivity contribution is 7.80. The predicted molar refractivity (Wildman–Crippen MR) is 67.1 cm³/mol. The van der Waals surface area contributed by atoms with Gasteiger partial charge >= 0.3 is 0 Å². The van der Waals surface area contributed by atoms with E-state index in [9.17, 15) is 0 Å². The summed E-state index contributed by atoms with van der Waals surface area (Å²) in [6, 6.07) is 0.443. The minimum absolute atomic E-state index is 0.286. The molecule has 4 heteroatoms. The van der Waals surface area contributed by atoms with E-state index in [1.807, 2.05) is 0 Å². The summed E-state index contributed by atoms with van der Waals surface area (Å²) in [6.45, 7) is 9.09. The number of hydrogen-bond acceptors (Lipinski definition) is 2. The zero-order valence-electron chi connectivity index (χ0n) is 9.95. The van der Waals surface area contributed by atoms with Gasteiger partial charge in [-0.2, -0.15) is 0 Å². The normalized spacial score (nSPS) is 26.5. The van der Waals surface area contributed by atoms with Crippen molar-refractivity contribution in [2.24, 2.45) is 0 Å². The molecular formula is C11H22N2OS. The van der Waals surface area contributed by atoms with Gasteiger partial charge in [0.05, 0.1) is 18.8 Å². The van der Waals surface area contributed by atoms with E-state index in [4.69, 9.17) is 17.0 Å². The van der Waals surface area contributed by atoms with E-state index in [0.717, 1.165) is 37.7 Å². The highest BCUT2D eigenvalue weighted by Crippen LogP contribution is 2.14. The summed E-state index contributed by atoms with van der Waals surface area (Å²) >= 11 is 5.40. The molecule has 1 N–H and O–H groups in total. The van der Waals surface area contributed by atoms with Gasteiger partial charge in [0.15, 0.2) is 5.11 Å². The van der Waals surface area contributed by atoms with Gasteiger partial charge in [-0.1, -0.05) is 13.8 Å². The largest absolute Gasteiger partial charge is 0.375 e. The minimum Gasteiger partial charge on any atom is -0.375 e. The second-order valence-electron chi connectivity index (χ2n) is 4.09. The van der Waals surface area contributed by atoms with Gasteiger partial charge < -0.3 is 15.0 Å². The summed E-state index contributed by atoms with van der Waals surface area (Å²) in [5.74, 6) is 0. The maximum Gasteiger partial charge on any atom is 0.169 e. The Hall–Kier alpha value is -0.350. The molecule has 3 nitrogen and oxygen atoms in total. The summed E-state index contributed by atoms with van der Waals surface area (Å²) in [6.07, 6.45) is 2.48. The van der Waals surface area contributed by atoms with Crippen LogP contribution in [0.25, 0.3) is 0 Å². The van der Waals surface area contributed by atoms with Crippen LogP contribution in [0.15, 0.2) is 0 Å². The van der Waals surface area contributed by atoms with Gasteiger partial charge in [-0.25, -0.2) is 0 Å². The molecule has 88 valence electrons. The third-order valence-electron chi connectivity index (χ3n) is 2.73. The lowest BCUT2D eigenvalue weighted by molar-refractivity contribution is -0.0286. The fraction of sp³-hybridized carbons (Fsp3) is 0.909. The third-order valence-corrected chi connectivity index (χ3v) is 3.10. The fourth-order valence-electron chi connectivity index (χ4n) is 1.76. The van der Waals surface area contributed by atoms with E-state index in [1.165, 1.54) is 0 Å². The Morgan fingerprint density at radius 2 is 2.27 bits per heavy atom. The van der Waals surface area contributed by atoms with Crippen LogP contribution in [0.5, 0.6) is 0 Å².